The van der Waals surface area contributed by atoms with Crippen LogP contribution in [0.2, 0.25) is 0 Å². The van der Waals surface area contributed by atoms with Crippen LogP contribution in [0.4, 0.5) is 0 Å². The molecule has 0 saturated heterocycles. The zero-order valence-electron chi connectivity index (χ0n) is 8.70. The number of hydrogen-bond acceptors (Lipinski definition) is 3. The molecule has 4 nitrogen and oxygen atoms in total. The predicted octanol–water partition coefficient (Wildman–Crippen LogP) is 2.16. The van der Waals surface area contributed by atoms with Crippen molar-refractivity contribution in [1.82, 2.24) is 14.8 Å². The fourth-order valence-electron chi connectivity index (χ4n) is 1.37. The van der Waals surface area contributed by atoms with Crippen molar-refractivity contribution < 1.29 is 4.42 Å². The van der Waals surface area contributed by atoms with Crippen molar-refractivity contribution in [3.63, 3.8) is 0 Å². The van der Waals surface area contributed by atoms with Gasteiger partial charge in [0.1, 0.15) is 0 Å². The lowest BCUT2D eigenvalue weighted by Gasteiger charge is -1.95. The van der Waals surface area contributed by atoms with Crippen LogP contribution in [-0.2, 0) is 13.5 Å². The molecule has 2 aromatic rings. The van der Waals surface area contributed by atoms with Gasteiger partial charge in [0.25, 0.3) is 0 Å². The van der Waals surface area contributed by atoms with Crippen LogP contribution < -0.4 is 0 Å². The molecule has 2 rings (SSSR count). The van der Waals surface area contributed by atoms with Gasteiger partial charge >= 0.3 is 0 Å². The molecular weight excluding hydrogens is 214 g/mol. The number of aromatic nitrogens is 3. The Kier molecular flexibility index (Phi) is 2.77. The highest BCUT2D eigenvalue weighted by Gasteiger charge is 2.11. The fourth-order valence-corrected chi connectivity index (χ4v) is 1.53. The van der Waals surface area contributed by atoms with Gasteiger partial charge in [0, 0.05) is 25.0 Å². The third-order valence-electron chi connectivity index (χ3n) is 2.36. The van der Waals surface area contributed by atoms with Gasteiger partial charge in [0.15, 0.2) is 11.7 Å². The zero-order valence-corrected chi connectivity index (χ0v) is 9.45. The van der Waals surface area contributed by atoms with E-state index in [1.807, 2.05) is 14.0 Å². The molecule has 0 atom stereocenters. The summed E-state index contributed by atoms with van der Waals surface area (Å²) in [6, 6.07) is 0. The first-order valence-electron chi connectivity index (χ1n) is 4.72. The number of halogens is 1. The third kappa shape index (κ3) is 1.90. The molecule has 0 N–H and O–H groups in total. The Balaban J connectivity index is 2.33. The Bertz CT molecular complexity index is 461. The van der Waals surface area contributed by atoms with E-state index in [4.69, 9.17) is 16.0 Å². The molecule has 0 saturated carbocycles. The van der Waals surface area contributed by atoms with Crippen molar-refractivity contribution in [1.29, 1.82) is 0 Å². The first kappa shape index (κ1) is 10.2. The first-order chi connectivity index (χ1) is 7.22. The minimum absolute atomic E-state index is 0.520. The highest BCUT2D eigenvalue weighted by Crippen LogP contribution is 2.23. The lowest BCUT2D eigenvalue weighted by atomic mass is 10.2. The number of alkyl halides is 1. The summed E-state index contributed by atoms with van der Waals surface area (Å²) in [4.78, 5) is 4.14. The van der Waals surface area contributed by atoms with E-state index in [1.54, 1.807) is 17.1 Å². The molecule has 0 fully saturated rings. The maximum atomic E-state index is 5.61. The van der Waals surface area contributed by atoms with Crippen LogP contribution in [-0.4, -0.2) is 20.6 Å². The van der Waals surface area contributed by atoms with Crippen molar-refractivity contribution in [2.24, 2.45) is 7.05 Å². The van der Waals surface area contributed by atoms with Gasteiger partial charge in [0.05, 0.1) is 18.0 Å². The van der Waals surface area contributed by atoms with E-state index in [0.29, 0.717) is 18.2 Å². The number of nitrogens with zero attached hydrogens (tertiary/aromatic N) is 3. The second-order valence-corrected chi connectivity index (χ2v) is 3.70. The molecule has 0 spiro atoms. The van der Waals surface area contributed by atoms with E-state index in [1.165, 1.54) is 0 Å². The molecule has 0 unspecified atom stereocenters. The highest BCUT2D eigenvalue weighted by atomic mass is 35.5. The maximum Gasteiger partial charge on any atom is 0.196 e. The van der Waals surface area contributed by atoms with Crippen molar-refractivity contribution in [2.75, 3.05) is 5.88 Å². The normalized spacial score (nSPS) is 10.9. The summed E-state index contributed by atoms with van der Waals surface area (Å²) in [5.41, 5.74) is 2.04. The van der Waals surface area contributed by atoms with Crippen LogP contribution in [0.25, 0.3) is 11.3 Å². The number of hydrogen-bond donors (Lipinski definition) is 0. The van der Waals surface area contributed by atoms with Gasteiger partial charge in [-0.25, -0.2) is 4.98 Å². The van der Waals surface area contributed by atoms with Gasteiger partial charge in [-0.2, -0.15) is 5.10 Å². The average Bonchev–Trinajstić information content (AvgIpc) is 2.77. The zero-order chi connectivity index (χ0) is 10.8. The first-order valence-corrected chi connectivity index (χ1v) is 5.25. The van der Waals surface area contributed by atoms with Gasteiger partial charge in [0.2, 0.25) is 0 Å². The quantitative estimate of drug-likeness (QED) is 0.752. The molecule has 0 radical (unpaired) electrons. The molecule has 0 aliphatic rings. The van der Waals surface area contributed by atoms with E-state index >= 15 is 0 Å². The smallest absolute Gasteiger partial charge is 0.196 e. The van der Waals surface area contributed by atoms with Crippen LogP contribution in [0.1, 0.15) is 11.6 Å². The Morgan fingerprint density at radius 1 is 1.47 bits per heavy atom. The molecule has 0 bridgehead atoms. The van der Waals surface area contributed by atoms with Crippen molar-refractivity contribution in [3.8, 4) is 11.3 Å². The topological polar surface area (TPSA) is 43.9 Å². The van der Waals surface area contributed by atoms with Gasteiger partial charge in [-0.1, -0.05) is 0 Å². The van der Waals surface area contributed by atoms with E-state index < -0.39 is 0 Å². The second kappa shape index (κ2) is 4.06. The van der Waals surface area contributed by atoms with Crippen LogP contribution in [0.3, 0.4) is 0 Å². The summed E-state index contributed by atoms with van der Waals surface area (Å²) in [5, 5.41) is 4.15. The van der Waals surface area contributed by atoms with Crippen LogP contribution >= 0.6 is 11.6 Å². The third-order valence-corrected chi connectivity index (χ3v) is 2.55. The monoisotopic (exact) mass is 225 g/mol. The summed E-state index contributed by atoms with van der Waals surface area (Å²) in [6.45, 7) is 1.99. The Morgan fingerprint density at radius 3 is 2.87 bits per heavy atom. The summed E-state index contributed by atoms with van der Waals surface area (Å²) in [7, 11) is 1.90. The van der Waals surface area contributed by atoms with Gasteiger partial charge in [-0.05, 0) is 6.92 Å². The molecule has 5 heteroatoms. The number of oxazole rings is 1. The standard InChI is InChI=1S/C10H12ClN3O/c1-7-8(5-13-14(7)2)9-6-12-10(15-9)3-4-11/h5-6H,3-4H2,1-2H3. The molecule has 2 aromatic heterocycles. The molecular formula is C10H12ClN3O. The molecule has 0 aromatic carbocycles. The minimum Gasteiger partial charge on any atom is -0.441 e. The Labute approximate surface area is 92.9 Å². The highest BCUT2D eigenvalue weighted by molar-refractivity contribution is 6.17. The van der Waals surface area contributed by atoms with Crippen molar-refractivity contribution in [2.45, 2.75) is 13.3 Å². The number of aryl methyl sites for hydroxylation is 2. The summed E-state index contributed by atoms with van der Waals surface area (Å²) >= 11 is 5.61. The number of rotatable bonds is 3. The molecule has 80 valence electrons. The molecule has 2 heterocycles. The van der Waals surface area contributed by atoms with Crippen molar-refractivity contribution >= 4 is 11.6 Å². The summed E-state index contributed by atoms with van der Waals surface area (Å²) in [6.07, 6.45) is 4.15. The average molecular weight is 226 g/mol. The minimum atomic E-state index is 0.520. The lowest BCUT2D eigenvalue weighted by Crippen LogP contribution is -1.92. The molecule has 0 amide bonds. The van der Waals surface area contributed by atoms with Gasteiger partial charge < -0.3 is 4.42 Å². The lowest BCUT2D eigenvalue weighted by molar-refractivity contribution is 0.514. The molecule has 0 aliphatic carbocycles. The van der Waals surface area contributed by atoms with Crippen LogP contribution in [0.15, 0.2) is 16.8 Å². The Morgan fingerprint density at radius 2 is 2.27 bits per heavy atom. The summed E-state index contributed by atoms with van der Waals surface area (Å²) in [5.74, 6) is 1.94. The van der Waals surface area contributed by atoms with Crippen LogP contribution in [0.5, 0.6) is 0 Å². The SMILES string of the molecule is Cc1c(-c2cnc(CCCl)o2)cnn1C. The molecule has 15 heavy (non-hydrogen) atoms. The van der Waals surface area contributed by atoms with E-state index in [0.717, 1.165) is 17.0 Å². The van der Waals surface area contributed by atoms with E-state index in [2.05, 4.69) is 10.1 Å². The van der Waals surface area contributed by atoms with Gasteiger partial charge in [-0.3, -0.25) is 4.68 Å². The maximum absolute atomic E-state index is 5.61. The largest absolute Gasteiger partial charge is 0.441 e. The van der Waals surface area contributed by atoms with E-state index in [-0.39, 0.29) is 0 Å². The van der Waals surface area contributed by atoms with Crippen LogP contribution in [0, 0.1) is 6.92 Å². The predicted molar refractivity (Wildman–Crippen MR) is 57.9 cm³/mol. The fraction of sp³-hybridized carbons (Fsp3) is 0.400. The Hall–Kier alpha value is -1.29. The van der Waals surface area contributed by atoms with Crippen molar-refractivity contribution in [3.05, 3.63) is 24.0 Å². The second-order valence-electron chi connectivity index (χ2n) is 3.32. The summed E-state index contributed by atoms with van der Waals surface area (Å²) < 4.78 is 7.36. The van der Waals surface area contributed by atoms with E-state index in [9.17, 15) is 0 Å². The van der Waals surface area contributed by atoms with Gasteiger partial charge in [-0.15, -0.1) is 11.6 Å². The molecule has 0 aliphatic heterocycles.